The zero-order valence-electron chi connectivity index (χ0n) is 12.9. The number of hydrogen-bond donors (Lipinski definition) is 2. The van der Waals surface area contributed by atoms with E-state index < -0.39 is 11.5 Å². The van der Waals surface area contributed by atoms with Crippen molar-refractivity contribution in [3.63, 3.8) is 0 Å². The SMILES string of the molecule is CCc1nc(CC)n(CCCC(CC)(NC)C(=O)O)n1. The van der Waals surface area contributed by atoms with Crippen molar-refractivity contribution in [1.29, 1.82) is 0 Å². The Morgan fingerprint density at radius 2 is 2.05 bits per heavy atom. The van der Waals surface area contributed by atoms with Gasteiger partial charge < -0.3 is 10.4 Å². The Morgan fingerprint density at radius 1 is 1.35 bits per heavy atom. The van der Waals surface area contributed by atoms with Gasteiger partial charge in [0.2, 0.25) is 0 Å². The van der Waals surface area contributed by atoms with Gasteiger partial charge in [-0.3, -0.25) is 4.79 Å². The van der Waals surface area contributed by atoms with E-state index >= 15 is 0 Å². The number of aryl methyl sites for hydroxylation is 3. The molecule has 0 saturated heterocycles. The van der Waals surface area contributed by atoms with Gasteiger partial charge in [0, 0.05) is 19.4 Å². The molecule has 1 heterocycles. The Balaban J connectivity index is 2.67. The second-order valence-electron chi connectivity index (χ2n) is 4.97. The van der Waals surface area contributed by atoms with Gasteiger partial charge in [0.05, 0.1) is 0 Å². The first-order valence-corrected chi connectivity index (χ1v) is 7.37. The van der Waals surface area contributed by atoms with Crippen LogP contribution in [-0.2, 0) is 24.2 Å². The fourth-order valence-electron chi connectivity index (χ4n) is 2.39. The van der Waals surface area contributed by atoms with Crippen LogP contribution < -0.4 is 5.32 Å². The molecule has 0 spiro atoms. The van der Waals surface area contributed by atoms with Gasteiger partial charge in [-0.05, 0) is 26.3 Å². The van der Waals surface area contributed by atoms with Crippen molar-refractivity contribution in [3.05, 3.63) is 11.6 Å². The first kappa shape index (κ1) is 16.6. The lowest BCUT2D eigenvalue weighted by Gasteiger charge is -2.27. The van der Waals surface area contributed by atoms with Crippen molar-refractivity contribution < 1.29 is 9.90 Å². The van der Waals surface area contributed by atoms with Crippen LogP contribution in [-0.4, -0.2) is 38.4 Å². The first-order chi connectivity index (χ1) is 9.52. The molecule has 2 N–H and O–H groups in total. The Labute approximate surface area is 120 Å². The van der Waals surface area contributed by atoms with E-state index in [1.54, 1.807) is 7.05 Å². The third-order valence-corrected chi connectivity index (χ3v) is 3.89. The lowest BCUT2D eigenvalue weighted by molar-refractivity contribution is -0.145. The summed E-state index contributed by atoms with van der Waals surface area (Å²) >= 11 is 0. The van der Waals surface area contributed by atoms with E-state index in [1.807, 2.05) is 18.5 Å². The van der Waals surface area contributed by atoms with E-state index in [1.165, 1.54) is 0 Å². The van der Waals surface area contributed by atoms with Crippen molar-refractivity contribution in [2.24, 2.45) is 0 Å². The molecule has 0 aliphatic heterocycles. The molecule has 0 fully saturated rings. The quantitative estimate of drug-likeness (QED) is 0.719. The highest BCUT2D eigenvalue weighted by atomic mass is 16.4. The van der Waals surface area contributed by atoms with E-state index in [9.17, 15) is 9.90 Å². The van der Waals surface area contributed by atoms with Gasteiger partial charge in [-0.2, -0.15) is 5.10 Å². The maximum absolute atomic E-state index is 11.4. The van der Waals surface area contributed by atoms with Gasteiger partial charge in [-0.15, -0.1) is 0 Å². The lowest BCUT2D eigenvalue weighted by Crippen LogP contribution is -2.49. The highest BCUT2D eigenvalue weighted by molar-refractivity contribution is 5.78. The van der Waals surface area contributed by atoms with Crippen LogP contribution in [0, 0.1) is 0 Å². The average Bonchev–Trinajstić information content (AvgIpc) is 2.86. The van der Waals surface area contributed by atoms with E-state index in [0.717, 1.165) is 30.9 Å². The van der Waals surface area contributed by atoms with Crippen LogP contribution in [0.15, 0.2) is 0 Å². The van der Waals surface area contributed by atoms with E-state index in [0.29, 0.717) is 19.4 Å². The Kier molecular flexibility index (Phi) is 6.13. The van der Waals surface area contributed by atoms with Crippen LogP contribution in [0.4, 0.5) is 0 Å². The topological polar surface area (TPSA) is 80.0 Å². The maximum Gasteiger partial charge on any atom is 0.323 e. The van der Waals surface area contributed by atoms with Gasteiger partial charge in [0.1, 0.15) is 11.4 Å². The van der Waals surface area contributed by atoms with Gasteiger partial charge in [0.25, 0.3) is 0 Å². The van der Waals surface area contributed by atoms with Crippen molar-refractivity contribution in [2.45, 2.75) is 65.0 Å². The predicted molar refractivity (Wildman–Crippen MR) is 77.7 cm³/mol. The standard InChI is InChI=1S/C14H26N4O2/c1-5-11-16-12(6-2)18(17-11)10-8-9-14(7-3,15-4)13(19)20/h15H,5-10H2,1-4H3,(H,19,20). The summed E-state index contributed by atoms with van der Waals surface area (Å²) in [4.78, 5) is 15.9. The number of carbonyl (C=O) groups is 1. The molecule has 0 bridgehead atoms. The summed E-state index contributed by atoms with van der Waals surface area (Å²) in [5.74, 6) is 1.05. The summed E-state index contributed by atoms with van der Waals surface area (Å²) in [5, 5.41) is 16.8. The molecule has 0 radical (unpaired) electrons. The minimum absolute atomic E-state index is 0.567. The molecule has 6 nitrogen and oxygen atoms in total. The molecule has 1 unspecified atom stereocenters. The molecule has 20 heavy (non-hydrogen) atoms. The second-order valence-corrected chi connectivity index (χ2v) is 4.97. The summed E-state index contributed by atoms with van der Waals surface area (Å²) in [6.07, 6.45) is 3.58. The van der Waals surface area contributed by atoms with Crippen molar-refractivity contribution in [3.8, 4) is 0 Å². The molecule has 1 rings (SSSR count). The first-order valence-electron chi connectivity index (χ1n) is 7.37. The molecular formula is C14H26N4O2. The molecule has 0 saturated carbocycles. The molecule has 1 aromatic rings. The van der Waals surface area contributed by atoms with Crippen molar-refractivity contribution in [2.75, 3.05) is 7.05 Å². The third kappa shape index (κ3) is 3.56. The smallest absolute Gasteiger partial charge is 0.323 e. The minimum atomic E-state index is -0.833. The summed E-state index contributed by atoms with van der Waals surface area (Å²) in [6.45, 7) is 6.70. The zero-order valence-corrected chi connectivity index (χ0v) is 12.9. The Bertz CT molecular complexity index is 438. The number of carboxylic acid groups (broad SMARTS) is 1. The van der Waals surface area contributed by atoms with Gasteiger partial charge in [0.15, 0.2) is 5.82 Å². The number of rotatable bonds is 9. The molecule has 114 valence electrons. The largest absolute Gasteiger partial charge is 0.480 e. The zero-order chi connectivity index (χ0) is 15.2. The Hall–Kier alpha value is -1.43. The number of nitrogens with zero attached hydrogens (tertiary/aromatic N) is 3. The van der Waals surface area contributed by atoms with Crippen LogP contribution in [0.3, 0.4) is 0 Å². The highest BCUT2D eigenvalue weighted by Crippen LogP contribution is 2.18. The van der Waals surface area contributed by atoms with Gasteiger partial charge >= 0.3 is 5.97 Å². The molecular weight excluding hydrogens is 256 g/mol. The van der Waals surface area contributed by atoms with E-state index in [2.05, 4.69) is 22.3 Å². The van der Waals surface area contributed by atoms with E-state index in [-0.39, 0.29) is 0 Å². The number of aliphatic carboxylic acids is 1. The van der Waals surface area contributed by atoms with Crippen LogP contribution >= 0.6 is 0 Å². The average molecular weight is 282 g/mol. The lowest BCUT2D eigenvalue weighted by atomic mass is 9.90. The van der Waals surface area contributed by atoms with Crippen LogP contribution in [0.5, 0.6) is 0 Å². The molecule has 0 amide bonds. The molecule has 1 aromatic heterocycles. The number of carboxylic acids is 1. The van der Waals surface area contributed by atoms with Gasteiger partial charge in [-0.25, -0.2) is 9.67 Å². The number of hydrogen-bond acceptors (Lipinski definition) is 4. The summed E-state index contributed by atoms with van der Waals surface area (Å²) in [5.41, 5.74) is -0.833. The van der Waals surface area contributed by atoms with Crippen molar-refractivity contribution in [1.82, 2.24) is 20.1 Å². The van der Waals surface area contributed by atoms with E-state index in [4.69, 9.17) is 0 Å². The fourth-order valence-corrected chi connectivity index (χ4v) is 2.39. The third-order valence-electron chi connectivity index (χ3n) is 3.89. The summed E-state index contributed by atoms with van der Waals surface area (Å²) in [6, 6.07) is 0. The molecule has 0 aromatic carbocycles. The summed E-state index contributed by atoms with van der Waals surface area (Å²) in [7, 11) is 1.71. The normalized spacial score (nSPS) is 14.2. The van der Waals surface area contributed by atoms with Gasteiger partial charge in [-0.1, -0.05) is 20.8 Å². The second kappa shape index (κ2) is 7.38. The number of nitrogens with one attached hydrogen (secondary N) is 1. The number of likely N-dealkylation sites (N-methyl/N-ethyl adjacent to an activating group) is 1. The fraction of sp³-hybridized carbons (Fsp3) is 0.786. The van der Waals surface area contributed by atoms with Crippen molar-refractivity contribution >= 4 is 5.97 Å². The predicted octanol–water partition coefficient (Wildman–Crippen LogP) is 1.64. The minimum Gasteiger partial charge on any atom is -0.480 e. The Morgan fingerprint density at radius 3 is 2.50 bits per heavy atom. The van der Waals surface area contributed by atoms with Crippen LogP contribution in [0.2, 0.25) is 0 Å². The molecule has 0 aliphatic carbocycles. The van der Waals surface area contributed by atoms with Crippen LogP contribution in [0.25, 0.3) is 0 Å². The molecule has 6 heteroatoms. The monoisotopic (exact) mass is 282 g/mol. The van der Waals surface area contributed by atoms with Crippen LogP contribution in [0.1, 0.15) is 51.7 Å². The molecule has 0 aliphatic rings. The number of aromatic nitrogens is 3. The molecule has 1 atom stereocenters. The maximum atomic E-state index is 11.4. The highest BCUT2D eigenvalue weighted by Gasteiger charge is 2.34. The summed E-state index contributed by atoms with van der Waals surface area (Å²) < 4.78 is 1.91.